The van der Waals surface area contributed by atoms with Gasteiger partial charge in [-0.2, -0.15) is 5.48 Å². The van der Waals surface area contributed by atoms with E-state index in [2.05, 4.69) is 21.4 Å². The van der Waals surface area contributed by atoms with Gasteiger partial charge in [-0.3, -0.25) is 0 Å². The number of benzene rings is 1. The molecule has 1 heterocycles. The molecule has 88 valence electrons. The molecule has 0 fully saturated rings. The van der Waals surface area contributed by atoms with E-state index in [-0.39, 0.29) is 0 Å². The molecule has 0 unspecified atom stereocenters. The Hall–Kier alpha value is -0.780. The second kappa shape index (κ2) is 4.24. The van der Waals surface area contributed by atoms with Gasteiger partial charge in [-0.1, -0.05) is 15.9 Å². The van der Waals surface area contributed by atoms with E-state index in [1.54, 1.807) is 7.11 Å². The number of hydroxylamine groups is 1. The Kier molecular flexibility index (Phi) is 3.10. The van der Waals surface area contributed by atoms with Gasteiger partial charge in [0, 0.05) is 24.9 Å². The van der Waals surface area contributed by atoms with E-state index < -0.39 is 5.79 Å². The predicted octanol–water partition coefficient (Wildman–Crippen LogP) is 2.61. The van der Waals surface area contributed by atoms with Gasteiger partial charge in [-0.15, -0.1) is 0 Å². The second-order valence-electron chi connectivity index (χ2n) is 4.02. The standard InChI is InChI=1S/C11H14BrNO3/c1-11(2)15-9-4-7(6-13-14-3)8(12)5-10(9)16-11/h4-5,13H,6H2,1-3H3. The molecule has 0 aromatic heterocycles. The van der Waals surface area contributed by atoms with Gasteiger partial charge >= 0.3 is 0 Å². The molecule has 0 saturated carbocycles. The van der Waals surface area contributed by atoms with Crippen molar-refractivity contribution in [1.29, 1.82) is 0 Å². The number of hydrogen-bond donors (Lipinski definition) is 1. The van der Waals surface area contributed by atoms with Crippen molar-refractivity contribution >= 4 is 15.9 Å². The van der Waals surface area contributed by atoms with Crippen LogP contribution in [0.25, 0.3) is 0 Å². The Bertz CT molecular complexity index is 406. The summed E-state index contributed by atoms with van der Waals surface area (Å²) in [6, 6.07) is 3.86. The third-order valence-corrected chi connectivity index (χ3v) is 2.97. The maximum atomic E-state index is 5.66. The molecule has 0 atom stereocenters. The summed E-state index contributed by atoms with van der Waals surface area (Å²) in [5, 5.41) is 0. The molecule has 1 N–H and O–H groups in total. The van der Waals surface area contributed by atoms with E-state index in [4.69, 9.17) is 14.3 Å². The summed E-state index contributed by atoms with van der Waals surface area (Å²) in [6.07, 6.45) is 0. The minimum Gasteiger partial charge on any atom is -0.449 e. The fourth-order valence-electron chi connectivity index (χ4n) is 1.57. The molecule has 1 aliphatic rings. The van der Waals surface area contributed by atoms with E-state index >= 15 is 0 Å². The zero-order valence-corrected chi connectivity index (χ0v) is 11.1. The van der Waals surface area contributed by atoms with E-state index in [1.165, 1.54) is 0 Å². The highest BCUT2D eigenvalue weighted by Gasteiger charge is 2.32. The molecule has 1 aliphatic heterocycles. The number of rotatable bonds is 3. The lowest BCUT2D eigenvalue weighted by molar-refractivity contribution is -0.0431. The van der Waals surface area contributed by atoms with Crippen molar-refractivity contribution in [1.82, 2.24) is 5.48 Å². The van der Waals surface area contributed by atoms with Gasteiger partial charge in [-0.25, -0.2) is 0 Å². The van der Waals surface area contributed by atoms with Gasteiger partial charge in [0.05, 0.1) is 7.11 Å². The van der Waals surface area contributed by atoms with Gasteiger partial charge in [0.2, 0.25) is 5.79 Å². The van der Waals surface area contributed by atoms with Crippen LogP contribution in [-0.4, -0.2) is 12.9 Å². The Morgan fingerprint density at radius 1 is 1.31 bits per heavy atom. The molecular formula is C11H14BrNO3. The van der Waals surface area contributed by atoms with Crippen LogP contribution < -0.4 is 15.0 Å². The molecule has 4 nitrogen and oxygen atoms in total. The molecule has 0 saturated heterocycles. The minimum absolute atomic E-state index is 0.588. The number of ether oxygens (including phenoxy) is 2. The van der Waals surface area contributed by atoms with Crippen LogP contribution in [0.3, 0.4) is 0 Å². The van der Waals surface area contributed by atoms with Gasteiger partial charge in [0.15, 0.2) is 11.5 Å². The molecule has 16 heavy (non-hydrogen) atoms. The number of halogens is 1. The summed E-state index contributed by atoms with van der Waals surface area (Å²) in [7, 11) is 1.59. The van der Waals surface area contributed by atoms with Crippen molar-refractivity contribution < 1.29 is 14.3 Å². The van der Waals surface area contributed by atoms with E-state index in [9.17, 15) is 0 Å². The molecule has 0 aliphatic carbocycles. The maximum Gasteiger partial charge on any atom is 0.246 e. The molecule has 0 bridgehead atoms. The Balaban J connectivity index is 2.26. The van der Waals surface area contributed by atoms with E-state index in [0.29, 0.717) is 6.54 Å². The SMILES string of the molecule is CONCc1cc2c(cc1Br)OC(C)(C)O2. The van der Waals surface area contributed by atoms with Crippen LogP contribution in [0, 0.1) is 0 Å². The predicted molar refractivity (Wildman–Crippen MR) is 63.3 cm³/mol. The van der Waals surface area contributed by atoms with Crippen LogP contribution in [0.1, 0.15) is 19.4 Å². The average molecular weight is 288 g/mol. The van der Waals surface area contributed by atoms with Gasteiger partial charge in [-0.05, 0) is 17.7 Å². The third-order valence-electron chi connectivity index (χ3n) is 2.23. The average Bonchev–Trinajstić information content (AvgIpc) is 2.47. The molecule has 2 rings (SSSR count). The van der Waals surface area contributed by atoms with Crippen LogP contribution in [0.4, 0.5) is 0 Å². The van der Waals surface area contributed by atoms with Crippen molar-refractivity contribution in [2.24, 2.45) is 0 Å². The van der Waals surface area contributed by atoms with Crippen LogP contribution in [0.5, 0.6) is 11.5 Å². The van der Waals surface area contributed by atoms with Gasteiger partial charge in [0.25, 0.3) is 0 Å². The van der Waals surface area contributed by atoms with Crippen molar-refractivity contribution in [3.63, 3.8) is 0 Å². The topological polar surface area (TPSA) is 39.7 Å². The lowest BCUT2D eigenvalue weighted by Gasteiger charge is -2.16. The fourth-order valence-corrected chi connectivity index (χ4v) is 2.04. The number of nitrogens with one attached hydrogen (secondary N) is 1. The highest BCUT2D eigenvalue weighted by Crippen LogP contribution is 2.42. The largest absolute Gasteiger partial charge is 0.449 e. The first-order valence-corrected chi connectivity index (χ1v) is 5.77. The first-order chi connectivity index (χ1) is 7.52. The fraction of sp³-hybridized carbons (Fsp3) is 0.455. The molecular weight excluding hydrogens is 274 g/mol. The number of hydrogen-bond acceptors (Lipinski definition) is 4. The van der Waals surface area contributed by atoms with Crippen LogP contribution in [-0.2, 0) is 11.4 Å². The second-order valence-corrected chi connectivity index (χ2v) is 4.87. The molecule has 1 aromatic rings. The van der Waals surface area contributed by atoms with Crippen molar-refractivity contribution in [3.8, 4) is 11.5 Å². The van der Waals surface area contributed by atoms with Crippen LogP contribution in [0.15, 0.2) is 16.6 Å². The zero-order chi connectivity index (χ0) is 11.8. The third kappa shape index (κ3) is 2.31. The molecule has 0 amide bonds. The summed E-state index contributed by atoms with van der Waals surface area (Å²) in [5.74, 6) is 0.939. The zero-order valence-electron chi connectivity index (χ0n) is 9.46. The Morgan fingerprint density at radius 2 is 1.94 bits per heavy atom. The number of fused-ring (bicyclic) bond motifs is 1. The summed E-state index contributed by atoms with van der Waals surface area (Å²) in [4.78, 5) is 4.82. The lowest BCUT2D eigenvalue weighted by atomic mass is 10.2. The molecule has 5 heteroatoms. The maximum absolute atomic E-state index is 5.66. The van der Waals surface area contributed by atoms with E-state index in [1.807, 2.05) is 26.0 Å². The highest BCUT2D eigenvalue weighted by molar-refractivity contribution is 9.10. The van der Waals surface area contributed by atoms with Crippen LogP contribution >= 0.6 is 15.9 Å². The quantitative estimate of drug-likeness (QED) is 0.868. The first kappa shape index (κ1) is 11.7. The smallest absolute Gasteiger partial charge is 0.246 e. The molecule has 0 spiro atoms. The highest BCUT2D eigenvalue weighted by atomic mass is 79.9. The first-order valence-electron chi connectivity index (χ1n) is 4.98. The summed E-state index contributed by atoms with van der Waals surface area (Å²) in [6.45, 7) is 4.37. The monoisotopic (exact) mass is 287 g/mol. The Morgan fingerprint density at radius 3 is 2.56 bits per heavy atom. The summed E-state index contributed by atoms with van der Waals surface area (Å²) in [5.41, 5.74) is 3.85. The van der Waals surface area contributed by atoms with Gasteiger partial charge in [0.1, 0.15) is 0 Å². The lowest BCUT2D eigenvalue weighted by Crippen LogP contribution is -2.29. The van der Waals surface area contributed by atoms with E-state index in [0.717, 1.165) is 21.5 Å². The van der Waals surface area contributed by atoms with Crippen molar-refractivity contribution in [2.75, 3.05) is 7.11 Å². The van der Waals surface area contributed by atoms with Gasteiger partial charge < -0.3 is 14.3 Å². The van der Waals surface area contributed by atoms with Crippen molar-refractivity contribution in [2.45, 2.75) is 26.2 Å². The van der Waals surface area contributed by atoms with Crippen molar-refractivity contribution in [3.05, 3.63) is 22.2 Å². The Labute approximate surface area is 103 Å². The molecule has 0 radical (unpaired) electrons. The minimum atomic E-state index is -0.588. The summed E-state index contributed by atoms with van der Waals surface area (Å²) >= 11 is 3.49. The normalized spacial score (nSPS) is 16.5. The molecule has 1 aromatic carbocycles. The van der Waals surface area contributed by atoms with Crippen LogP contribution in [0.2, 0.25) is 0 Å². The summed E-state index contributed by atoms with van der Waals surface area (Å²) < 4.78 is 12.3.